The van der Waals surface area contributed by atoms with Crippen LogP contribution in [0.15, 0.2) is 34.7 Å². The van der Waals surface area contributed by atoms with Crippen molar-refractivity contribution in [2.75, 3.05) is 7.05 Å². The summed E-state index contributed by atoms with van der Waals surface area (Å²) in [5, 5.41) is 3.20. The third-order valence-corrected chi connectivity index (χ3v) is 1.71. The fourth-order valence-corrected chi connectivity index (χ4v) is 1.13. The van der Waals surface area contributed by atoms with Crippen molar-refractivity contribution >= 4 is 0 Å². The first-order valence-corrected chi connectivity index (χ1v) is 4.08. The van der Waals surface area contributed by atoms with Crippen LogP contribution in [0, 0.1) is 0 Å². The summed E-state index contributed by atoms with van der Waals surface area (Å²) in [6, 6.07) is 2.24. The molecule has 0 amide bonds. The molecule has 1 aromatic rings. The predicted octanol–water partition coefficient (Wildman–Crippen LogP) is 2.51. The molecule has 2 nitrogen and oxygen atoms in total. The Morgan fingerprint density at radius 3 is 2.75 bits per heavy atom. The van der Waals surface area contributed by atoms with Gasteiger partial charge in [-0.2, -0.15) is 0 Å². The van der Waals surface area contributed by atoms with Crippen LogP contribution in [-0.2, 0) is 0 Å². The van der Waals surface area contributed by atoms with Gasteiger partial charge in [-0.25, -0.2) is 0 Å². The minimum absolute atomic E-state index is 0.272. The molecule has 1 N–H and O–H groups in total. The second kappa shape index (κ2) is 4.12. The minimum Gasteiger partial charge on any atom is -0.472 e. The van der Waals surface area contributed by atoms with Crippen LogP contribution in [0.5, 0.6) is 0 Å². The van der Waals surface area contributed by atoms with Gasteiger partial charge in [0.15, 0.2) is 0 Å². The molecule has 0 aliphatic heterocycles. The fourth-order valence-electron chi connectivity index (χ4n) is 1.13. The Bertz CT molecular complexity index is 245. The number of rotatable bonds is 3. The van der Waals surface area contributed by atoms with Crippen LogP contribution >= 0.6 is 0 Å². The maximum atomic E-state index is 5.01. The Balaban J connectivity index is 2.77. The van der Waals surface area contributed by atoms with Gasteiger partial charge in [-0.15, -0.1) is 0 Å². The number of likely N-dealkylation sites (N-methyl/N-ethyl adjacent to an activating group) is 1. The number of nitrogens with one attached hydrogen (secondary N) is 1. The Kier molecular flexibility index (Phi) is 3.11. The van der Waals surface area contributed by atoms with Crippen molar-refractivity contribution in [2.24, 2.45) is 0 Å². The first kappa shape index (κ1) is 9.07. The number of hydrogen-bond donors (Lipinski definition) is 1. The fraction of sp³-hybridized carbons (Fsp3) is 0.400. The van der Waals surface area contributed by atoms with Gasteiger partial charge < -0.3 is 9.73 Å². The monoisotopic (exact) mass is 165 g/mol. The Hall–Kier alpha value is -1.02. The van der Waals surface area contributed by atoms with Crippen molar-refractivity contribution in [3.05, 3.63) is 35.8 Å². The van der Waals surface area contributed by atoms with E-state index in [9.17, 15) is 0 Å². The van der Waals surface area contributed by atoms with E-state index in [1.54, 1.807) is 12.5 Å². The molecule has 0 aliphatic carbocycles. The van der Waals surface area contributed by atoms with Crippen LogP contribution in [0.3, 0.4) is 0 Å². The van der Waals surface area contributed by atoms with E-state index in [2.05, 4.69) is 25.2 Å². The van der Waals surface area contributed by atoms with E-state index >= 15 is 0 Å². The lowest BCUT2D eigenvalue weighted by Crippen LogP contribution is -2.13. The van der Waals surface area contributed by atoms with Gasteiger partial charge in [0.1, 0.15) is 0 Å². The topological polar surface area (TPSA) is 25.2 Å². The van der Waals surface area contributed by atoms with E-state index in [1.807, 2.05) is 13.1 Å². The van der Waals surface area contributed by atoms with E-state index in [1.165, 1.54) is 11.1 Å². The molecule has 0 radical (unpaired) electrons. The molecule has 0 spiro atoms. The average Bonchev–Trinajstić information content (AvgIpc) is 2.51. The summed E-state index contributed by atoms with van der Waals surface area (Å²) in [6.45, 7) is 4.18. The van der Waals surface area contributed by atoms with Crippen molar-refractivity contribution < 1.29 is 4.42 Å². The number of furan rings is 1. The summed E-state index contributed by atoms with van der Waals surface area (Å²) in [5.74, 6) is 0. The Morgan fingerprint density at radius 1 is 1.58 bits per heavy atom. The molecule has 66 valence electrons. The largest absolute Gasteiger partial charge is 0.472 e. The quantitative estimate of drug-likeness (QED) is 0.696. The van der Waals surface area contributed by atoms with Crippen molar-refractivity contribution in [1.82, 2.24) is 5.32 Å². The first-order chi connectivity index (χ1) is 5.74. The van der Waals surface area contributed by atoms with Crippen molar-refractivity contribution in [2.45, 2.75) is 19.9 Å². The standard InChI is InChI=1S/C10H15NO/c1-8(2)6-10(11-3)9-4-5-12-7-9/h4-7,10-11H,1-3H3. The van der Waals surface area contributed by atoms with Gasteiger partial charge in [0.2, 0.25) is 0 Å². The van der Waals surface area contributed by atoms with Crippen molar-refractivity contribution in [3.63, 3.8) is 0 Å². The van der Waals surface area contributed by atoms with Crippen LogP contribution in [0.25, 0.3) is 0 Å². The third-order valence-electron chi connectivity index (χ3n) is 1.71. The molecule has 0 fully saturated rings. The highest BCUT2D eigenvalue weighted by Gasteiger charge is 2.05. The zero-order valence-electron chi connectivity index (χ0n) is 7.79. The van der Waals surface area contributed by atoms with Crippen molar-refractivity contribution in [3.8, 4) is 0 Å². The van der Waals surface area contributed by atoms with E-state index in [0.717, 1.165) is 0 Å². The molecule has 2 heteroatoms. The normalized spacial score (nSPS) is 12.6. The molecular formula is C10H15NO. The van der Waals surface area contributed by atoms with Gasteiger partial charge in [0.05, 0.1) is 18.6 Å². The summed E-state index contributed by atoms with van der Waals surface area (Å²) >= 11 is 0. The smallest absolute Gasteiger partial charge is 0.0953 e. The third kappa shape index (κ3) is 2.24. The van der Waals surface area contributed by atoms with Gasteiger partial charge >= 0.3 is 0 Å². The molecule has 0 aliphatic rings. The van der Waals surface area contributed by atoms with E-state index in [4.69, 9.17) is 4.42 Å². The maximum Gasteiger partial charge on any atom is 0.0953 e. The highest BCUT2D eigenvalue weighted by atomic mass is 16.3. The van der Waals surface area contributed by atoms with E-state index in [0.29, 0.717) is 0 Å². The summed E-state index contributed by atoms with van der Waals surface area (Å²) in [6.07, 6.45) is 5.63. The zero-order chi connectivity index (χ0) is 8.97. The zero-order valence-corrected chi connectivity index (χ0v) is 7.79. The molecule has 1 unspecified atom stereocenters. The van der Waals surface area contributed by atoms with Gasteiger partial charge in [-0.05, 0) is 27.0 Å². The molecule has 1 aromatic heterocycles. The molecule has 12 heavy (non-hydrogen) atoms. The van der Waals surface area contributed by atoms with Crippen LogP contribution in [0.1, 0.15) is 25.5 Å². The van der Waals surface area contributed by atoms with E-state index < -0.39 is 0 Å². The molecule has 1 rings (SSSR count). The first-order valence-electron chi connectivity index (χ1n) is 4.08. The lowest BCUT2D eigenvalue weighted by molar-refractivity contribution is 0.558. The number of hydrogen-bond acceptors (Lipinski definition) is 2. The van der Waals surface area contributed by atoms with Gasteiger partial charge in [-0.3, -0.25) is 0 Å². The molecular weight excluding hydrogens is 150 g/mol. The molecule has 0 aromatic carbocycles. The van der Waals surface area contributed by atoms with E-state index in [-0.39, 0.29) is 6.04 Å². The van der Waals surface area contributed by atoms with Crippen LogP contribution in [-0.4, -0.2) is 7.05 Å². The summed E-state index contributed by atoms with van der Waals surface area (Å²) in [4.78, 5) is 0. The lowest BCUT2D eigenvalue weighted by atomic mass is 10.1. The van der Waals surface area contributed by atoms with Gasteiger partial charge in [0.25, 0.3) is 0 Å². The average molecular weight is 165 g/mol. The second-order valence-electron chi connectivity index (χ2n) is 3.07. The highest BCUT2D eigenvalue weighted by Crippen LogP contribution is 2.15. The van der Waals surface area contributed by atoms with Crippen LogP contribution < -0.4 is 5.32 Å². The predicted molar refractivity (Wildman–Crippen MR) is 49.9 cm³/mol. The summed E-state index contributed by atoms with van der Waals surface area (Å²) in [5.41, 5.74) is 2.47. The Labute approximate surface area is 73.3 Å². The highest BCUT2D eigenvalue weighted by molar-refractivity contribution is 5.19. The molecule has 1 heterocycles. The SMILES string of the molecule is CNC(C=C(C)C)c1ccoc1. The molecule has 0 saturated heterocycles. The Morgan fingerprint density at radius 2 is 2.33 bits per heavy atom. The summed E-state index contributed by atoms with van der Waals surface area (Å²) < 4.78 is 5.01. The summed E-state index contributed by atoms with van der Waals surface area (Å²) in [7, 11) is 1.94. The molecule has 1 atom stereocenters. The minimum atomic E-state index is 0.272. The van der Waals surface area contributed by atoms with Gasteiger partial charge in [-0.1, -0.05) is 11.6 Å². The van der Waals surface area contributed by atoms with Crippen LogP contribution in [0.4, 0.5) is 0 Å². The van der Waals surface area contributed by atoms with Crippen LogP contribution in [0.2, 0.25) is 0 Å². The van der Waals surface area contributed by atoms with Crippen molar-refractivity contribution in [1.29, 1.82) is 0 Å². The number of allylic oxidation sites excluding steroid dienone is 1. The van der Waals surface area contributed by atoms with Gasteiger partial charge in [0, 0.05) is 5.56 Å². The lowest BCUT2D eigenvalue weighted by Gasteiger charge is -2.09. The maximum absolute atomic E-state index is 5.01. The molecule has 0 saturated carbocycles. The molecule has 0 bridgehead atoms. The second-order valence-corrected chi connectivity index (χ2v) is 3.07.